The highest BCUT2D eigenvalue weighted by molar-refractivity contribution is 7.71. The van der Waals surface area contributed by atoms with Crippen LogP contribution in [-0.4, -0.2) is 25.0 Å². The van der Waals surface area contributed by atoms with Crippen LogP contribution < -0.4 is 0 Å². The fourth-order valence-corrected chi connectivity index (χ4v) is 3.11. The highest BCUT2D eigenvalue weighted by Gasteiger charge is 2.18. The van der Waals surface area contributed by atoms with Gasteiger partial charge in [0.2, 0.25) is 0 Å². The Morgan fingerprint density at radius 2 is 1.75 bits per heavy atom. The molecule has 2 aromatic carbocycles. The Balaban J connectivity index is 0.00000136. The average molecular weight is 401 g/mol. The van der Waals surface area contributed by atoms with Gasteiger partial charge in [-0.15, -0.1) is 4.91 Å². The zero-order valence-electron chi connectivity index (χ0n) is 16.4. The van der Waals surface area contributed by atoms with Gasteiger partial charge in [0, 0.05) is 12.1 Å². The number of nitrogens with one attached hydrogen (secondary N) is 1. The predicted molar refractivity (Wildman–Crippen MR) is 113 cm³/mol. The van der Waals surface area contributed by atoms with Crippen molar-refractivity contribution in [2.45, 2.75) is 40.5 Å². The fraction of sp³-hybridized carbons (Fsp3) is 0.300. The summed E-state index contributed by atoms with van der Waals surface area (Å²) in [5, 5.41) is 30.4. The van der Waals surface area contributed by atoms with Crippen molar-refractivity contribution >= 4 is 17.9 Å². The van der Waals surface area contributed by atoms with E-state index in [4.69, 9.17) is 12.2 Å². The third kappa shape index (κ3) is 3.96. The molecule has 0 amide bonds. The molecule has 0 bridgehead atoms. The van der Waals surface area contributed by atoms with Crippen molar-refractivity contribution in [1.29, 1.82) is 0 Å². The van der Waals surface area contributed by atoms with Gasteiger partial charge in [-0.3, -0.25) is 9.67 Å². The van der Waals surface area contributed by atoms with Crippen molar-refractivity contribution < 1.29 is 10.2 Å². The van der Waals surface area contributed by atoms with Crippen molar-refractivity contribution in [2.75, 3.05) is 0 Å². The largest absolute Gasteiger partial charge is 0.508 e. The number of aryl methyl sites for hydroxylation is 2. The van der Waals surface area contributed by atoms with E-state index in [1.165, 1.54) is 6.07 Å². The van der Waals surface area contributed by atoms with Crippen molar-refractivity contribution in [3.05, 3.63) is 51.1 Å². The molecule has 0 spiro atoms. The van der Waals surface area contributed by atoms with E-state index in [-0.39, 0.29) is 17.2 Å². The Labute approximate surface area is 168 Å². The molecule has 0 unspecified atom stereocenters. The second-order valence-corrected chi connectivity index (χ2v) is 6.18. The minimum atomic E-state index is -0.124. The molecule has 0 aliphatic carbocycles. The standard InChI is InChI=1S/C18H18N4O3S.C2H6/c1-3-10-5-6-12(8-15(10)23)22-17(19-20-18(22)26)13-7-11(4-2)14(21-25)9-16(13)24;1-2/h5-9,23-24H,3-4H2,1-2H3,(H,20,26);1-2H3. The first-order chi connectivity index (χ1) is 13.5. The molecule has 0 aliphatic rings. The maximum atomic E-state index is 10.9. The summed E-state index contributed by atoms with van der Waals surface area (Å²) in [4.78, 5) is 10.9. The summed E-state index contributed by atoms with van der Waals surface area (Å²) in [6.07, 6.45) is 1.28. The Morgan fingerprint density at radius 1 is 1.07 bits per heavy atom. The topological polar surface area (TPSA) is 104 Å². The number of phenols is 2. The van der Waals surface area contributed by atoms with Crippen LogP contribution in [0.3, 0.4) is 0 Å². The van der Waals surface area contributed by atoms with E-state index in [0.29, 0.717) is 40.3 Å². The summed E-state index contributed by atoms with van der Waals surface area (Å²) >= 11 is 5.33. The Kier molecular flexibility index (Phi) is 7.06. The molecular formula is C20H24N4O3S. The van der Waals surface area contributed by atoms with Crippen LogP contribution in [0.5, 0.6) is 11.5 Å². The molecule has 8 heteroatoms. The molecule has 3 N–H and O–H groups in total. The van der Waals surface area contributed by atoms with E-state index in [2.05, 4.69) is 15.4 Å². The van der Waals surface area contributed by atoms with Crippen molar-refractivity contribution in [3.63, 3.8) is 0 Å². The Morgan fingerprint density at radius 3 is 2.32 bits per heavy atom. The average Bonchev–Trinajstić information content (AvgIpc) is 3.10. The zero-order chi connectivity index (χ0) is 20.8. The van der Waals surface area contributed by atoms with Gasteiger partial charge in [0.25, 0.3) is 0 Å². The first-order valence-corrected chi connectivity index (χ1v) is 9.60. The molecule has 0 atom stereocenters. The summed E-state index contributed by atoms with van der Waals surface area (Å²) in [6.45, 7) is 7.85. The van der Waals surface area contributed by atoms with E-state index in [9.17, 15) is 15.1 Å². The number of aromatic amines is 1. The molecule has 0 aliphatic heterocycles. The van der Waals surface area contributed by atoms with Crippen LogP contribution in [-0.2, 0) is 12.8 Å². The molecular weight excluding hydrogens is 376 g/mol. The number of rotatable bonds is 5. The van der Waals surface area contributed by atoms with Gasteiger partial charge in [-0.2, -0.15) is 5.10 Å². The molecule has 0 saturated carbocycles. The lowest BCUT2D eigenvalue weighted by molar-refractivity contribution is 0.468. The lowest BCUT2D eigenvalue weighted by Crippen LogP contribution is -1.99. The summed E-state index contributed by atoms with van der Waals surface area (Å²) in [7, 11) is 0. The van der Waals surface area contributed by atoms with Gasteiger partial charge in [-0.1, -0.05) is 33.8 Å². The van der Waals surface area contributed by atoms with E-state index in [1.54, 1.807) is 16.7 Å². The third-order valence-corrected chi connectivity index (χ3v) is 4.57. The van der Waals surface area contributed by atoms with Gasteiger partial charge in [-0.05, 0) is 53.5 Å². The second-order valence-electron chi connectivity index (χ2n) is 5.80. The molecule has 1 heterocycles. The number of aromatic nitrogens is 3. The van der Waals surface area contributed by atoms with Crippen molar-refractivity contribution in [3.8, 4) is 28.6 Å². The van der Waals surface area contributed by atoms with E-state index in [0.717, 1.165) is 5.56 Å². The van der Waals surface area contributed by atoms with Crippen LogP contribution in [0.4, 0.5) is 5.69 Å². The monoisotopic (exact) mass is 400 g/mol. The quantitative estimate of drug-likeness (QED) is 0.384. The van der Waals surface area contributed by atoms with E-state index < -0.39 is 0 Å². The van der Waals surface area contributed by atoms with Gasteiger partial charge in [0.1, 0.15) is 17.2 Å². The summed E-state index contributed by atoms with van der Waals surface area (Å²) in [5.74, 6) is 0.419. The molecule has 7 nitrogen and oxygen atoms in total. The molecule has 0 saturated heterocycles. The minimum absolute atomic E-state index is 0.124. The Bertz CT molecular complexity index is 1040. The smallest absolute Gasteiger partial charge is 0.200 e. The summed E-state index contributed by atoms with van der Waals surface area (Å²) in [6, 6.07) is 8.24. The molecule has 0 fully saturated rings. The first-order valence-electron chi connectivity index (χ1n) is 9.19. The van der Waals surface area contributed by atoms with Gasteiger partial charge in [0.15, 0.2) is 10.6 Å². The van der Waals surface area contributed by atoms with Crippen LogP contribution in [0.1, 0.15) is 38.8 Å². The molecule has 3 rings (SSSR count). The summed E-state index contributed by atoms with van der Waals surface area (Å²) < 4.78 is 1.94. The maximum Gasteiger partial charge on any atom is 0.200 e. The van der Waals surface area contributed by atoms with Crippen molar-refractivity contribution in [1.82, 2.24) is 14.8 Å². The maximum absolute atomic E-state index is 10.9. The molecule has 1 aromatic heterocycles. The van der Waals surface area contributed by atoms with Crippen LogP contribution in [0.25, 0.3) is 17.1 Å². The van der Waals surface area contributed by atoms with Crippen LogP contribution in [0, 0.1) is 9.68 Å². The second kappa shape index (κ2) is 9.27. The number of hydrogen-bond donors (Lipinski definition) is 3. The first kappa shape index (κ1) is 21.3. The molecule has 3 aromatic rings. The number of aromatic hydroxyl groups is 2. The summed E-state index contributed by atoms with van der Waals surface area (Å²) in [5.41, 5.74) is 2.74. The zero-order valence-corrected chi connectivity index (χ0v) is 17.2. The van der Waals surface area contributed by atoms with Gasteiger partial charge < -0.3 is 10.2 Å². The van der Waals surface area contributed by atoms with Crippen LogP contribution in [0.15, 0.2) is 35.5 Å². The number of nitroso groups, excluding NO2 is 1. The third-order valence-electron chi connectivity index (χ3n) is 4.30. The SMILES string of the molecule is CC.CCc1ccc(-n2c(-c3cc(CC)c(N=O)cc3O)n[nH]c2=S)cc1O. The predicted octanol–water partition coefficient (Wildman–Crippen LogP) is 5.56. The number of H-pyrrole nitrogens is 1. The number of nitrogens with zero attached hydrogens (tertiary/aromatic N) is 3. The van der Waals surface area contributed by atoms with Crippen LogP contribution in [0.2, 0.25) is 0 Å². The van der Waals surface area contributed by atoms with Crippen molar-refractivity contribution in [2.24, 2.45) is 5.18 Å². The highest BCUT2D eigenvalue weighted by atomic mass is 32.1. The van der Waals surface area contributed by atoms with Gasteiger partial charge in [-0.25, -0.2) is 0 Å². The highest BCUT2D eigenvalue weighted by Crippen LogP contribution is 2.36. The normalized spacial score (nSPS) is 10.3. The lowest BCUT2D eigenvalue weighted by atomic mass is 10.0. The fourth-order valence-electron chi connectivity index (χ4n) is 2.88. The van der Waals surface area contributed by atoms with Gasteiger partial charge >= 0.3 is 0 Å². The number of benzene rings is 2. The van der Waals surface area contributed by atoms with E-state index >= 15 is 0 Å². The molecule has 0 radical (unpaired) electrons. The van der Waals surface area contributed by atoms with Crippen LogP contribution >= 0.6 is 12.2 Å². The lowest BCUT2D eigenvalue weighted by Gasteiger charge is -2.12. The Hall–Kier alpha value is -3.00. The molecule has 148 valence electrons. The number of hydrogen-bond acceptors (Lipinski definition) is 6. The molecule has 28 heavy (non-hydrogen) atoms. The number of phenolic OH excluding ortho intramolecular Hbond substituents is 2. The van der Waals surface area contributed by atoms with Gasteiger partial charge in [0.05, 0.1) is 11.3 Å². The minimum Gasteiger partial charge on any atom is -0.508 e. The van der Waals surface area contributed by atoms with E-state index in [1.807, 2.05) is 39.8 Å².